The number of carbonyl (C=O) groups is 1. The normalized spacial score (nSPS) is 19.8. The van der Waals surface area contributed by atoms with Crippen LogP contribution in [0.4, 0.5) is 5.69 Å². The molecule has 0 saturated carbocycles. The lowest BCUT2D eigenvalue weighted by molar-refractivity contribution is -0.926. The maximum absolute atomic E-state index is 11.3. The third-order valence-electron chi connectivity index (χ3n) is 5.48. The number of carbonyl (C=O) groups excluding carboxylic acids is 1. The van der Waals surface area contributed by atoms with Crippen molar-refractivity contribution in [2.24, 2.45) is 0 Å². The van der Waals surface area contributed by atoms with Crippen LogP contribution in [0.2, 0.25) is 5.02 Å². The van der Waals surface area contributed by atoms with Crippen molar-refractivity contribution < 1.29 is 24.9 Å². The van der Waals surface area contributed by atoms with Gasteiger partial charge in [0, 0.05) is 30.4 Å². The van der Waals surface area contributed by atoms with E-state index in [0.717, 1.165) is 37.5 Å². The summed E-state index contributed by atoms with van der Waals surface area (Å²) in [6, 6.07) is 15.9. The first-order valence-corrected chi connectivity index (χ1v) is 11.0. The van der Waals surface area contributed by atoms with Crippen LogP contribution in [0.15, 0.2) is 48.5 Å². The number of piperidine rings is 1. The SMILES string of the molecule is CC(=O)Nc1ccccc1OCC(O)C[NH2+]C1CC[NH+](Cc2ccc(Cl)cc2)CC1. The second kappa shape index (κ2) is 11.3. The highest BCUT2D eigenvalue weighted by atomic mass is 35.5. The van der Waals surface area contributed by atoms with Crippen molar-refractivity contribution in [1.29, 1.82) is 0 Å². The van der Waals surface area contributed by atoms with Crippen LogP contribution in [0, 0.1) is 0 Å². The summed E-state index contributed by atoms with van der Waals surface area (Å²) in [5.74, 6) is 0.426. The summed E-state index contributed by atoms with van der Waals surface area (Å²) < 4.78 is 5.73. The van der Waals surface area contributed by atoms with Crippen LogP contribution >= 0.6 is 11.6 Å². The van der Waals surface area contributed by atoms with Gasteiger partial charge in [0.2, 0.25) is 5.91 Å². The molecule has 30 heavy (non-hydrogen) atoms. The molecule has 1 amide bonds. The van der Waals surface area contributed by atoms with E-state index < -0.39 is 6.10 Å². The molecule has 1 aliphatic heterocycles. The lowest BCUT2D eigenvalue weighted by Gasteiger charge is -2.28. The smallest absolute Gasteiger partial charge is 0.221 e. The molecule has 5 N–H and O–H groups in total. The minimum atomic E-state index is -0.560. The fraction of sp³-hybridized carbons (Fsp3) is 0.435. The Morgan fingerprint density at radius 2 is 1.93 bits per heavy atom. The van der Waals surface area contributed by atoms with Gasteiger partial charge in [-0.3, -0.25) is 4.79 Å². The quantitative estimate of drug-likeness (QED) is 0.473. The third-order valence-corrected chi connectivity index (χ3v) is 5.73. The Labute approximate surface area is 183 Å². The average Bonchev–Trinajstić information content (AvgIpc) is 2.74. The minimum Gasteiger partial charge on any atom is -0.488 e. The summed E-state index contributed by atoms with van der Waals surface area (Å²) in [5, 5.41) is 16.1. The summed E-state index contributed by atoms with van der Waals surface area (Å²) in [6.45, 7) is 5.59. The number of ether oxygens (including phenoxy) is 1. The number of likely N-dealkylation sites (tertiary alicyclic amines) is 1. The van der Waals surface area contributed by atoms with Gasteiger partial charge in [0.05, 0.1) is 24.8 Å². The Morgan fingerprint density at radius 3 is 2.63 bits per heavy atom. The van der Waals surface area contributed by atoms with Gasteiger partial charge in [-0.15, -0.1) is 0 Å². The number of quaternary nitrogens is 2. The van der Waals surface area contributed by atoms with Gasteiger partial charge in [-0.1, -0.05) is 35.9 Å². The van der Waals surface area contributed by atoms with E-state index in [9.17, 15) is 9.90 Å². The zero-order valence-corrected chi connectivity index (χ0v) is 18.2. The molecule has 3 rings (SSSR count). The van der Waals surface area contributed by atoms with Gasteiger partial charge in [-0.2, -0.15) is 0 Å². The molecule has 2 aromatic carbocycles. The standard InChI is InChI=1S/C23H30ClN3O3/c1-17(28)26-22-4-2-3-5-23(22)30-16-21(29)14-25-20-10-12-27(13-11-20)15-18-6-8-19(24)9-7-18/h2-9,20-21,25,29H,10-16H2,1H3,(H,26,28)/p+2. The number of halogens is 1. The molecule has 1 saturated heterocycles. The van der Waals surface area contributed by atoms with E-state index in [-0.39, 0.29) is 12.5 Å². The summed E-state index contributed by atoms with van der Waals surface area (Å²) >= 11 is 5.96. The Kier molecular flexibility index (Phi) is 8.51. The third kappa shape index (κ3) is 7.29. The molecule has 0 aromatic heterocycles. The first-order chi connectivity index (χ1) is 14.5. The largest absolute Gasteiger partial charge is 0.488 e. The van der Waals surface area contributed by atoms with E-state index >= 15 is 0 Å². The van der Waals surface area contributed by atoms with Gasteiger partial charge in [0.25, 0.3) is 0 Å². The zero-order chi connectivity index (χ0) is 21.3. The number of amides is 1. The lowest BCUT2D eigenvalue weighted by atomic mass is 10.0. The molecule has 0 bridgehead atoms. The second-order valence-corrected chi connectivity index (χ2v) is 8.44. The molecule has 0 aliphatic carbocycles. The van der Waals surface area contributed by atoms with E-state index in [1.165, 1.54) is 12.5 Å². The van der Waals surface area contributed by atoms with Gasteiger partial charge in [-0.25, -0.2) is 0 Å². The van der Waals surface area contributed by atoms with Crippen molar-refractivity contribution in [3.8, 4) is 5.75 Å². The summed E-state index contributed by atoms with van der Waals surface area (Å²) in [7, 11) is 0. The number of anilines is 1. The van der Waals surface area contributed by atoms with E-state index in [0.29, 0.717) is 24.0 Å². The van der Waals surface area contributed by atoms with Gasteiger partial charge < -0.3 is 25.4 Å². The predicted molar refractivity (Wildman–Crippen MR) is 118 cm³/mol. The van der Waals surface area contributed by atoms with Gasteiger partial charge in [0.1, 0.15) is 31.5 Å². The molecule has 162 valence electrons. The highest BCUT2D eigenvalue weighted by Gasteiger charge is 2.25. The second-order valence-electron chi connectivity index (χ2n) is 8.00. The van der Waals surface area contributed by atoms with Crippen LogP contribution in [0.25, 0.3) is 0 Å². The van der Waals surface area contributed by atoms with Crippen molar-refractivity contribution in [1.82, 2.24) is 0 Å². The average molecular weight is 434 g/mol. The number of rotatable bonds is 9. The van der Waals surface area contributed by atoms with Crippen molar-refractivity contribution in [3.63, 3.8) is 0 Å². The monoisotopic (exact) mass is 433 g/mol. The minimum absolute atomic E-state index is 0.149. The number of aliphatic hydroxyl groups excluding tert-OH is 1. The van der Waals surface area contributed by atoms with Gasteiger partial charge >= 0.3 is 0 Å². The van der Waals surface area contributed by atoms with E-state index in [1.54, 1.807) is 17.0 Å². The number of hydrogen-bond donors (Lipinski definition) is 4. The molecule has 7 heteroatoms. The Balaban J connectivity index is 1.35. The Morgan fingerprint density at radius 1 is 1.23 bits per heavy atom. The summed E-state index contributed by atoms with van der Waals surface area (Å²) in [5.41, 5.74) is 1.95. The number of benzene rings is 2. The fourth-order valence-corrected chi connectivity index (χ4v) is 3.97. The molecule has 1 unspecified atom stereocenters. The number of aliphatic hydroxyl groups is 1. The number of hydrogen-bond acceptors (Lipinski definition) is 3. The molecule has 0 radical (unpaired) electrons. The van der Waals surface area contributed by atoms with Gasteiger partial charge in [0.15, 0.2) is 0 Å². The molecule has 0 spiro atoms. The van der Waals surface area contributed by atoms with Crippen LogP contribution in [-0.2, 0) is 11.3 Å². The number of para-hydroxylation sites is 2. The molecule has 1 fully saturated rings. The van der Waals surface area contributed by atoms with E-state index in [4.69, 9.17) is 16.3 Å². The van der Waals surface area contributed by atoms with Crippen LogP contribution in [0.3, 0.4) is 0 Å². The van der Waals surface area contributed by atoms with Crippen LogP contribution in [-0.4, -0.2) is 49.4 Å². The molecular formula is C23H32ClN3O3+2. The fourth-order valence-electron chi connectivity index (χ4n) is 3.84. The number of nitrogens with two attached hydrogens (primary N) is 1. The lowest BCUT2D eigenvalue weighted by Crippen LogP contribution is -3.13. The first kappa shape index (κ1) is 22.6. The molecular weight excluding hydrogens is 402 g/mol. The molecule has 1 aliphatic rings. The topological polar surface area (TPSA) is 79.6 Å². The van der Waals surface area contributed by atoms with Crippen molar-refractivity contribution in [2.45, 2.75) is 38.5 Å². The van der Waals surface area contributed by atoms with Crippen molar-refractivity contribution >= 4 is 23.2 Å². The van der Waals surface area contributed by atoms with Crippen LogP contribution in [0.1, 0.15) is 25.3 Å². The molecule has 1 atom stereocenters. The van der Waals surface area contributed by atoms with E-state index in [2.05, 4.69) is 22.8 Å². The van der Waals surface area contributed by atoms with Crippen LogP contribution in [0.5, 0.6) is 5.75 Å². The summed E-state index contributed by atoms with van der Waals surface area (Å²) in [6.07, 6.45) is 1.72. The van der Waals surface area contributed by atoms with E-state index in [1.807, 2.05) is 24.3 Å². The van der Waals surface area contributed by atoms with Crippen LogP contribution < -0.4 is 20.3 Å². The van der Waals surface area contributed by atoms with Crippen molar-refractivity contribution in [2.75, 3.05) is 31.6 Å². The predicted octanol–water partition coefficient (Wildman–Crippen LogP) is 0.849. The molecule has 1 heterocycles. The maximum Gasteiger partial charge on any atom is 0.221 e. The zero-order valence-electron chi connectivity index (χ0n) is 17.4. The highest BCUT2D eigenvalue weighted by molar-refractivity contribution is 6.30. The highest BCUT2D eigenvalue weighted by Crippen LogP contribution is 2.23. The number of nitrogens with one attached hydrogen (secondary N) is 2. The summed E-state index contributed by atoms with van der Waals surface area (Å²) in [4.78, 5) is 12.9. The molecule has 2 aromatic rings. The molecule has 6 nitrogen and oxygen atoms in total. The maximum atomic E-state index is 11.3. The van der Waals surface area contributed by atoms with Gasteiger partial charge in [-0.05, 0) is 24.3 Å². The van der Waals surface area contributed by atoms with Crippen molar-refractivity contribution in [3.05, 3.63) is 59.1 Å². The Hall–Kier alpha value is -2.12. The Bertz CT molecular complexity index is 808. The first-order valence-electron chi connectivity index (χ1n) is 10.6.